The normalized spacial score (nSPS) is 22.3. The summed E-state index contributed by atoms with van der Waals surface area (Å²) in [5, 5.41) is 25.9. The van der Waals surface area contributed by atoms with Gasteiger partial charge in [-0.1, -0.05) is 103 Å². The number of thioether (sulfide) groups is 1. The highest BCUT2D eigenvalue weighted by Crippen LogP contribution is 2.28. The molecule has 0 radical (unpaired) electrons. The van der Waals surface area contributed by atoms with E-state index in [1.54, 1.807) is 60.3 Å². The molecule has 0 saturated heterocycles. The monoisotopic (exact) mass is 787 g/mol. The van der Waals surface area contributed by atoms with Gasteiger partial charge in [0.1, 0.15) is 24.2 Å². The van der Waals surface area contributed by atoms with Crippen LogP contribution >= 0.6 is 11.8 Å². The van der Waals surface area contributed by atoms with Crippen molar-refractivity contribution in [1.82, 2.24) is 21.3 Å². The molecule has 12 nitrogen and oxygen atoms in total. The van der Waals surface area contributed by atoms with Gasteiger partial charge in [0.25, 0.3) is 0 Å². The lowest BCUT2D eigenvalue weighted by Crippen LogP contribution is -2.59. The highest BCUT2D eigenvalue weighted by atomic mass is 32.2. The van der Waals surface area contributed by atoms with Crippen molar-refractivity contribution in [3.63, 3.8) is 0 Å². The molecule has 13 heteroatoms. The van der Waals surface area contributed by atoms with Gasteiger partial charge in [0, 0.05) is 43.0 Å². The minimum atomic E-state index is -1.35. The second-order valence-corrected chi connectivity index (χ2v) is 15.4. The van der Waals surface area contributed by atoms with E-state index in [1.165, 1.54) is 0 Å². The smallest absolute Gasteiger partial charge is 0.326 e. The second-order valence-electron chi connectivity index (χ2n) is 14.1. The van der Waals surface area contributed by atoms with Crippen LogP contribution in [-0.2, 0) is 48.0 Å². The number of fused-ring (bicyclic) bond motifs is 18. The van der Waals surface area contributed by atoms with Crippen LogP contribution in [-0.4, -0.2) is 70.0 Å². The summed E-state index contributed by atoms with van der Waals surface area (Å²) in [6.07, 6.45) is 2.62. The third-order valence-electron chi connectivity index (χ3n) is 9.84. The zero-order valence-corrected chi connectivity index (χ0v) is 32.0. The molecule has 6 N–H and O–H groups in total. The summed E-state index contributed by atoms with van der Waals surface area (Å²) in [7, 11) is 0. The number of rotatable bonds is 8. The van der Waals surface area contributed by atoms with Crippen LogP contribution in [0.2, 0.25) is 0 Å². The van der Waals surface area contributed by atoms with E-state index >= 15 is 0 Å². The zero-order chi connectivity index (χ0) is 40.1. The molecule has 294 valence electrons. The molecular formula is C44H45N5O7S. The van der Waals surface area contributed by atoms with Crippen LogP contribution in [0.4, 0.5) is 5.69 Å². The fourth-order valence-electron chi connectivity index (χ4n) is 6.74. The highest BCUT2D eigenvalue weighted by Gasteiger charge is 2.33. The van der Waals surface area contributed by atoms with Crippen molar-refractivity contribution in [1.29, 1.82) is 0 Å². The number of anilines is 1. The first-order valence-electron chi connectivity index (χ1n) is 18.9. The second kappa shape index (κ2) is 19.6. The lowest BCUT2D eigenvalue weighted by atomic mass is 9.99. The Labute approximate surface area is 335 Å². The number of hydrogen-bond donors (Lipinski definition) is 6. The van der Waals surface area contributed by atoms with Crippen LogP contribution < -0.4 is 26.6 Å². The Kier molecular flexibility index (Phi) is 13.9. The van der Waals surface area contributed by atoms with Crippen molar-refractivity contribution in [2.24, 2.45) is 0 Å². The Bertz CT molecular complexity index is 2070. The van der Waals surface area contributed by atoms with Gasteiger partial charge in [-0.25, -0.2) is 4.79 Å². The number of carbonyl (C=O) groups is 6. The number of carboxylic acid groups (broad SMARTS) is 1. The Morgan fingerprint density at radius 1 is 0.614 bits per heavy atom. The maximum Gasteiger partial charge on any atom is 0.326 e. The van der Waals surface area contributed by atoms with Crippen LogP contribution in [0.15, 0.2) is 121 Å². The first-order chi connectivity index (χ1) is 27.6. The molecule has 0 fully saturated rings. The summed E-state index contributed by atoms with van der Waals surface area (Å²) in [4.78, 5) is 81.1. The summed E-state index contributed by atoms with van der Waals surface area (Å²) < 4.78 is 0. The van der Waals surface area contributed by atoms with Gasteiger partial charge in [0.15, 0.2) is 0 Å². The fraction of sp³-hybridized carbons (Fsp3) is 0.273. The molecule has 3 heterocycles. The Morgan fingerprint density at radius 3 is 1.79 bits per heavy atom. The molecule has 5 amide bonds. The molecule has 0 aliphatic carbocycles. The Morgan fingerprint density at radius 2 is 1.18 bits per heavy atom. The van der Waals surface area contributed by atoms with Crippen molar-refractivity contribution in [2.45, 2.75) is 74.4 Å². The number of aliphatic carboxylic acids is 1. The fourth-order valence-corrected chi connectivity index (χ4v) is 7.71. The molecule has 57 heavy (non-hydrogen) atoms. The number of carboxylic acids is 1. The lowest BCUT2D eigenvalue weighted by Gasteiger charge is -2.27. The van der Waals surface area contributed by atoms with E-state index in [9.17, 15) is 33.9 Å². The largest absolute Gasteiger partial charge is 0.480 e. The number of carbonyl (C=O) groups excluding carboxylic acids is 5. The van der Waals surface area contributed by atoms with Crippen LogP contribution in [0.1, 0.15) is 42.4 Å². The van der Waals surface area contributed by atoms with Crippen LogP contribution in [0.3, 0.4) is 0 Å². The molecule has 2 bridgehead atoms. The van der Waals surface area contributed by atoms with Crippen molar-refractivity contribution < 1.29 is 33.9 Å². The van der Waals surface area contributed by atoms with Gasteiger partial charge in [0.2, 0.25) is 29.5 Å². The number of nitrogens with one attached hydrogen (secondary N) is 5. The minimum Gasteiger partial charge on any atom is -0.480 e. The average molecular weight is 788 g/mol. The minimum absolute atomic E-state index is 0.000681. The van der Waals surface area contributed by atoms with Gasteiger partial charge < -0.3 is 31.7 Å². The van der Waals surface area contributed by atoms with E-state index in [-0.39, 0.29) is 43.8 Å². The SMILES string of the molecule is O=C1CCC(=O)N[C@H](CC2CC=CS2)C(=O)N[C@H](Cc2ccc(-c3ccccc3)cc2)C(=O)N[C@@H](Cc2ccccc2)C(=O)N[C@@H](C(=O)O)Cc2ccc(cc2)N1. The van der Waals surface area contributed by atoms with Crippen molar-refractivity contribution in [3.05, 3.63) is 137 Å². The molecule has 3 aliphatic heterocycles. The summed E-state index contributed by atoms with van der Waals surface area (Å²) in [6, 6.07) is 28.1. The van der Waals surface area contributed by atoms with Crippen molar-refractivity contribution >= 4 is 53.0 Å². The Hall–Kier alpha value is -6.21. The maximum atomic E-state index is 14.4. The van der Waals surface area contributed by atoms with Crippen LogP contribution in [0, 0.1) is 0 Å². The molecule has 0 saturated carbocycles. The first kappa shape index (κ1) is 40.5. The number of benzene rings is 4. The Balaban J connectivity index is 1.33. The third-order valence-corrected chi connectivity index (χ3v) is 11.0. The molecule has 0 spiro atoms. The number of amides is 5. The van der Waals surface area contributed by atoms with Gasteiger partial charge in [-0.3, -0.25) is 24.0 Å². The van der Waals surface area contributed by atoms with Gasteiger partial charge >= 0.3 is 5.97 Å². The van der Waals surface area contributed by atoms with Gasteiger partial charge in [-0.15, -0.1) is 11.8 Å². The lowest BCUT2D eigenvalue weighted by molar-refractivity contribution is -0.142. The zero-order valence-electron chi connectivity index (χ0n) is 31.2. The molecule has 7 rings (SSSR count). The standard InChI is InChI=1S/C44H45N5O7S/c50-39-21-22-40(51)46-37(27-34-12-7-23-57-34)43(54)48-36(25-29-13-17-32(18-14-29)31-10-5-2-6-11-31)41(52)47-35(24-28-8-3-1-4-9-28)42(53)49-38(44(55)56)26-30-15-19-33(45-39)20-16-30/h1-11,13-20,23,34-38H,12,21-22,24-27H2,(H,45,50)(H,46,51)(H,47,52)(H,48,54)(H,49,53)(H,55,56)/t34?,35-,36+,37+,38+/m0/s1. The average Bonchev–Trinajstić information content (AvgIpc) is 3.73. The van der Waals surface area contributed by atoms with Crippen molar-refractivity contribution in [2.75, 3.05) is 5.32 Å². The number of allylic oxidation sites excluding steroid dienone is 1. The highest BCUT2D eigenvalue weighted by molar-refractivity contribution is 8.03. The van der Waals surface area contributed by atoms with Crippen LogP contribution in [0.25, 0.3) is 11.1 Å². The van der Waals surface area contributed by atoms with E-state index in [2.05, 4.69) is 26.6 Å². The summed E-state index contributed by atoms with van der Waals surface area (Å²) in [5.41, 5.74) is 4.44. The van der Waals surface area contributed by atoms with Gasteiger partial charge in [-0.2, -0.15) is 0 Å². The van der Waals surface area contributed by atoms with E-state index < -0.39 is 59.7 Å². The maximum absolute atomic E-state index is 14.4. The quantitative estimate of drug-likeness (QED) is 0.141. The van der Waals surface area contributed by atoms with E-state index in [1.807, 2.05) is 72.1 Å². The molecule has 3 aliphatic rings. The summed E-state index contributed by atoms with van der Waals surface area (Å²) >= 11 is 1.54. The first-order valence-corrected chi connectivity index (χ1v) is 19.8. The summed E-state index contributed by atoms with van der Waals surface area (Å²) in [5.74, 6) is -4.18. The van der Waals surface area contributed by atoms with Crippen molar-refractivity contribution in [3.8, 4) is 11.1 Å². The summed E-state index contributed by atoms with van der Waals surface area (Å²) in [6.45, 7) is 0. The van der Waals surface area contributed by atoms with E-state index in [4.69, 9.17) is 0 Å². The topological polar surface area (TPSA) is 183 Å². The molecule has 4 aromatic rings. The molecule has 4 aromatic carbocycles. The van der Waals surface area contributed by atoms with Gasteiger partial charge in [-0.05, 0) is 58.2 Å². The predicted molar refractivity (Wildman–Crippen MR) is 219 cm³/mol. The third kappa shape index (κ3) is 11.9. The van der Waals surface area contributed by atoms with E-state index in [0.29, 0.717) is 17.7 Å². The number of hydrogen-bond acceptors (Lipinski definition) is 7. The molecule has 1 unspecified atom stereocenters. The molecule has 0 aromatic heterocycles. The van der Waals surface area contributed by atoms with Crippen LogP contribution in [0.5, 0.6) is 0 Å². The van der Waals surface area contributed by atoms with Gasteiger partial charge in [0.05, 0.1) is 0 Å². The predicted octanol–water partition coefficient (Wildman–Crippen LogP) is 4.55. The molecule has 5 atom stereocenters. The molecular weight excluding hydrogens is 743 g/mol. The van der Waals surface area contributed by atoms with E-state index in [0.717, 1.165) is 22.3 Å².